The molecule has 0 heterocycles. The minimum Gasteiger partial charge on any atom is -0.358 e. The number of nitrogens with zero attached hydrogens (tertiary/aromatic N) is 2. The van der Waals surface area contributed by atoms with Crippen molar-refractivity contribution in [3.8, 4) is 0 Å². The van der Waals surface area contributed by atoms with Gasteiger partial charge in [-0.3, -0.25) is 15.5 Å². The Morgan fingerprint density at radius 2 is 2.16 bits per heavy atom. The van der Waals surface area contributed by atoms with E-state index < -0.39 is 4.92 Å². The zero-order valence-electron chi connectivity index (χ0n) is 10.4. The fourth-order valence-corrected chi connectivity index (χ4v) is 1.36. The SMILES string of the molecule is C=CCNC(=S)N/N=C(/C)c1ccc([N+](=O)[O-])cc1. The maximum atomic E-state index is 10.5. The second-order valence-electron chi connectivity index (χ2n) is 3.61. The fourth-order valence-electron chi connectivity index (χ4n) is 1.23. The molecule has 0 radical (unpaired) electrons. The number of hydrazone groups is 1. The van der Waals surface area contributed by atoms with Gasteiger partial charge in [0, 0.05) is 18.7 Å². The van der Waals surface area contributed by atoms with Crippen LogP contribution in [0, 0.1) is 10.1 Å². The summed E-state index contributed by atoms with van der Waals surface area (Å²) in [4.78, 5) is 10.1. The second kappa shape index (κ2) is 7.22. The lowest BCUT2D eigenvalue weighted by Crippen LogP contribution is -2.32. The van der Waals surface area contributed by atoms with E-state index in [1.54, 1.807) is 25.1 Å². The highest BCUT2D eigenvalue weighted by Crippen LogP contribution is 2.12. The molecule has 0 saturated heterocycles. The van der Waals surface area contributed by atoms with E-state index in [0.717, 1.165) is 5.56 Å². The van der Waals surface area contributed by atoms with Gasteiger partial charge in [0.1, 0.15) is 0 Å². The van der Waals surface area contributed by atoms with Gasteiger partial charge in [-0.25, -0.2) is 0 Å². The third-order valence-electron chi connectivity index (χ3n) is 2.23. The van der Waals surface area contributed by atoms with Gasteiger partial charge in [-0.2, -0.15) is 5.10 Å². The smallest absolute Gasteiger partial charge is 0.269 e. The molecule has 0 fully saturated rings. The number of thiocarbonyl (C=S) groups is 1. The minimum atomic E-state index is -0.442. The van der Waals surface area contributed by atoms with Crippen molar-refractivity contribution in [2.75, 3.05) is 6.54 Å². The summed E-state index contributed by atoms with van der Waals surface area (Å²) in [5.41, 5.74) is 4.19. The van der Waals surface area contributed by atoms with Gasteiger partial charge in [-0.15, -0.1) is 6.58 Å². The molecule has 1 aromatic carbocycles. The third-order valence-corrected chi connectivity index (χ3v) is 2.46. The van der Waals surface area contributed by atoms with E-state index in [1.165, 1.54) is 12.1 Å². The Balaban J connectivity index is 2.66. The molecule has 0 aliphatic rings. The molecule has 6 nitrogen and oxygen atoms in total. The van der Waals surface area contributed by atoms with Gasteiger partial charge >= 0.3 is 0 Å². The zero-order chi connectivity index (χ0) is 14.3. The van der Waals surface area contributed by atoms with Crippen LogP contribution in [0.15, 0.2) is 42.0 Å². The Morgan fingerprint density at radius 3 is 2.68 bits per heavy atom. The van der Waals surface area contributed by atoms with Crippen LogP contribution < -0.4 is 10.7 Å². The molecular weight excluding hydrogens is 264 g/mol. The lowest BCUT2D eigenvalue weighted by molar-refractivity contribution is -0.384. The van der Waals surface area contributed by atoms with Crippen molar-refractivity contribution in [2.24, 2.45) is 5.10 Å². The first kappa shape index (κ1) is 14.8. The normalized spacial score (nSPS) is 10.7. The van der Waals surface area contributed by atoms with Gasteiger partial charge in [-0.05, 0) is 36.8 Å². The molecule has 0 aromatic heterocycles. The molecular formula is C12H14N4O2S. The molecule has 0 amide bonds. The Hall–Kier alpha value is -2.28. The number of non-ortho nitro benzene ring substituents is 1. The summed E-state index contributed by atoms with van der Waals surface area (Å²) in [5, 5.41) is 17.9. The molecule has 0 aliphatic carbocycles. The molecule has 0 spiro atoms. The Morgan fingerprint density at radius 1 is 1.53 bits per heavy atom. The van der Waals surface area contributed by atoms with Gasteiger partial charge < -0.3 is 5.32 Å². The average molecular weight is 278 g/mol. The van der Waals surface area contributed by atoms with Crippen LogP contribution in [-0.4, -0.2) is 22.3 Å². The Bertz CT molecular complexity index is 511. The molecule has 100 valence electrons. The van der Waals surface area contributed by atoms with E-state index >= 15 is 0 Å². The summed E-state index contributed by atoms with van der Waals surface area (Å²) in [7, 11) is 0. The number of hydrogen-bond donors (Lipinski definition) is 2. The van der Waals surface area contributed by atoms with Gasteiger partial charge in [0.05, 0.1) is 10.6 Å². The predicted molar refractivity (Wildman–Crippen MR) is 79.2 cm³/mol. The molecule has 19 heavy (non-hydrogen) atoms. The van der Waals surface area contributed by atoms with Crippen molar-refractivity contribution < 1.29 is 4.92 Å². The summed E-state index contributed by atoms with van der Waals surface area (Å²) in [6.45, 7) is 5.89. The third kappa shape index (κ3) is 4.84. The summed E-state index contributed by atoms with van der Waals surface area (Å²) >= 11 is 4.98. The van der Waals surface area contributed by atoms with Crippen molar-refractivity contribution in [2.45, 2.75) is 6.92 Å². The predicted octanol–water partition coefficient (Wildman–Crippen LogP) is 1.97. The number of hydrogen-bond acceptors (Lipinski definition) is 4. The summed E-state index contributed by atoms with van der Waals surface area (Å²) < 4.78 is 0. The van der Waals surface area contributed by atoms with Gasteiger partial charge in [0.2, 0.25) is 0 Å². The molecule has 0 unspecified atom stereocenters. The van der Waals surface area contributed by atoms with Crippen molar-refractivity contribution >= 4 is 28.7 Å². The first-order valence-corrected chi connectivity index (χ1v) is 5.89. The molecule has 0 bridgehead atoms. The number of nitro groups is 1. The minimum absolute atomic E-state index is 0.0488. The van der Waals surface area contributed by atoms with Gasteiger partial charge in [0.15, 0.2) is 5.11 Å². The van der Waals surface area contributed by atoms with E-state index in [-0.39, 0.29) is 5.69 Å². The second-order valence-corrected chi connectivity index (χ2v) is 4.02. The van der Waals surface area contributed by atoms with E-state index in [9.17, 15) is 10.1 Å². The van der Waals surface area contributed by atoms with E-state index in [1.807, 2.05) is 0 Å². The highest BCUT2D eigenvalue weighted by molar-refractivity contribution is 7.80. The van der Waals surface area contributed by atoms with Gasteiger partial charge in [-0.1, -0.05) is 6.08 Å². The molecule has 1 aromatic rings. The Kier molecular flexibility index (Phi) is 5.62. The molecule has 1 rings (SSSR count). The highest BCUT2D eigenvalue weighted by Gasteiger charge is 2.05. The van der Waals surface area contributed by atoms with E-state index in [0.29, 0.717) is 17.4 Å². The number of nitrogens with one attached hydrogen (secondary N) is 2. The van der Waals surface area contributed by atoms with Crippen LogP contribution in [0.1, 0.15) is 12.5 Å². The topological polar surface area (TPSA) is 79.6 Å². The molecule has 2 N–H and O–H groups in total. The van der Waals surface area contributed by atoms with Crippen molar-refractivity contribution in [1.82, 2.24) is 10.7 Å². The lowest BCUT2D eigenvalue weighted by Gasteiger charge is -2.05. The monoisotopic (exact) mass is 278 g/mol. The summed E-state index contributed by atoms with van der Waals surface area (Å²) in [6, 6.07) is 6.14. The maximum Gasteiger partial charge on any atom is 0.269 e. The van der Waals surface area contributed by atoms with E-state index in [4.69, 9.17) is 12.2 Å². The molecule has 0 atom stereocenters. The quantitative estimate of drug-likeness (QED) is 0.283. The average Bonchev–Trinajstić information content (AvgIpc) is 2.42. The van der Waals surface area contributed by atoms with Crippen LogP contribution in [0.5, 0.6) is 0 Å². The molecule has 0 saturated carbocycles. The Labute approximate surface area is 116 Å². The standard InChI is InChI=1S/C12H14N4O2S/c1-3-8-13-12(19)15-14-9(2)10-4-6-11(7-5-10)16(17)18/h3-7H,1,8H2,2H3,(H2,13,15,19)/b14-9-. The summed E-state index contributed by atoms with van der Waals surface area (Å²) in [5.74, 6) is 0. The van der Waals surface area contributed by atoms with Crippen LogP contribution in [0.4, 0.5) is 5.69 Å². The number of benzene rings is 1. The largest absolute Gasteiger partial charge is 0.358 e. The highest BCUT2D eigenvalue weighted by atomic mass is 32.1. The van der Waals surface area contributed by atoms with Crippen LogP contribution in [0.3, 0.4) is 0 Å². The van der Waals surface area contributed by atoms with Crippen LogP contribution in [0.2, 0.25) is 0 Å². The number of rotatable bonds is 5. The van der Waals surface area contributed by atoms with Crippen LogP contribution in [0.25, 0.3) is 0 Å². The van der Waals surface area contributed by atoms with Gasteiger partial charge in [0.25, 0.3) is 5.69 Å². The fraction of sp³-hybridized carbons (Fsp3) is 0.167. The zero-order valence-corrected chi connectivity index (χ0v) is 11.2. The first-order chi connectivity index (χ1) is 9.04. The van der Waals surface area contributed by atoms with Crippen LogP contribution >= 0.6 is 12.2 Å². The molecule has 0 aliphatic heterocycles. The lowest BCUT2D eigenvalue weighted by atomic mass is 10.1. The number of nitro benzene ring substituents is 1. The van der Waals surface area contributed by atoms with Crippen molar-refractivity contribution in [3.05, 3.63) is 52.6 Å². The first-order valence-electron chi connectivity index (χ1n) is 5.48. The van der Waals surface area contributed by atoms with Crippen LogP contribution in [-0.2, 0) is 0 Å². The maximum absolute atomic E-state index is 10.5. The van der Waals surface area contributed by atoms with E-state index in [2.05, 4.69) is 22.4 Å². The van der Waals surface area contributed by atoms with Crippen molar-refractivity contribution in [1.29, 1.82) is 0 Å². The molecule has 7 heteroatoms. The van der Waals surface area contributed by atoms with Crippen molar-refractivity contribution in [3.63, 3.8) is 0 Å². The summed E-state index contributed by atoms with van der Waals surface area (Å²) in [6.07, 6.45) is 1.68.